The number of amides is 1. The molecule has 0 aliphatic carbocycles. The summed E-state index contributed by atoms with van der Waals surface area (Å²) in [5, 5.41) is 2.88. The normalized spacial score (nSPS) is 10.4. The van der Waals surface area contributed by atoms with Crippen LogP contribution in [0.25, 0.3) is 0 Å². The number of thiophene rings is 1. The Morgan fingerprint density at radius 2 is 2.26 bits per heavy atom. The van der Waals surface area contributed by atoms with E-state index in [1.807, 2.05) is 13.0 Å². The quantitative estimate of drug-likeness (QED) is 0.899. The zero-order chi connectivity index (χ0) is 13.8. The molecule has 0 radical (unpaired) electrons. The van der Waals surface area contributed by atoms with Gasteiger partial charge in [-0.15, -0.1) is 11.3 Å². The maximum Gasteiger partial charge on any atom is 0.251 e. The Bertz CT molecular complexity index is 577. The van der Waals surface area contributed by atoms with Gasteiger partial charge in [0.25, 0.3) is 5.91 Å². The number of aryl methyl sites for hydroxylation is 1. The lowest BCUT2D eigenvalue weighted by Gasteiger charge is -2.06. The highest BCUT2D eigenvalue weighted by molar-refractivity contribution is 9.11. The third-order valence-corrected chi connectivity index (χ3v) is 4.20. The molecule has 2 heterocycles. The summed E-state index contributed by atoms with van der Waals surface area (Å²) in [5.74, 6) is 0.250. The number of anilines is 1. The van der Waals surface area contributed by atoms with Gasteiger partial charge in [-0.25, -0.2) is 4.98 Å². The van der Waals surface area contributed by atoms with Gasteiger partial charge in [0.2, 0.25) is 0 Å². The van der Waals surface area contributed by atoms with E-state index in [1.165, 1.54) is 4.88 Å². The van der Waals surface area contributed by atoms with Crippen molar-refractivity contribution in [3.05, 3.63) is 44.2 Å². The highest BCUT2D eigenvalue weighted by atomic mass is 79.9. The molecule has 0 saturated carbocycles. The summed E-state index contributed by atoms with van der Waals surface area (Å²) in [5.41, 5.74) is 6.92. The van der Waals surface area contributed by atoms with Gasteiger partial charge in [-0.2, -0.15) is 0 Å². The molecule has 6 heteroatoms. The van der Waals surface area contributed by atoms with E-state index >= 15 is 0 Å². The van der Waals surface area contributed by atoms with Crippen LogP contribution in [0.4, 0.5) is 5.82 Å². The second kappa shape index (κ2) is 6.16. The molecule has 0 fully saturated rings. The highest BCUT2D eigenvalue weighted by Crippen LogP contribution is 2.22. The van der Waals surface area contributed by atoms with Gasteiger partial charge in [-0.1, -0.05) is 0 Å². The molecule has 0 atom stereocenters. The number of halogens is 1. The summed E-state index contributed by atoms with van der Waals surface area (Å²) >= 11 is 5.09. The molecular weight excluding hydrogens is 326 g/mol. The van der Waals surface area contributed by atoms with E-state index in [4.69, 9.17) is 5.73 Å². The third-order valence-electron chi connectivity index (χ3n) is 2.52. The average Bonchev–Trinajstić information content (AvgIpc) is 2.73. The summed E-state index contributed by atoms with van der Waals surface area (Å²) in [6, 6.07) is 7.38. The highest BCUT2D eigenvalue weighted by Gasteiger charge is 2.07. The zero-order valence-corrected chi connectivity index (χ0v) is 12.8. The molecule has 0 spiro atoms. The van der Waals surface area contributed by atoms with Crippen LogP contribution in [0.15, 0.2) is 28.1 Å². The first-order chi connectivity index (χ1) is 9.04. The van der Waals surface area contributed by atoms with Crippen LogP contribution in [0.2, 0.25) is 0 Å². The van der Waals surface area contributed by atoms with Crippen molar-refractivity contribution in [1.82, 2.24) is 10.3 Å². The van der Waals surface area contributed by atoms with E-state index in [1.54, 1.807) is 23.5 Å². The summed E-state index contributed by atoms with van der Waals surface area (Å²) in [4.78, 5) is 17.2. The Morgan fingerprint density at radius 3 is 2.89 bits per heavy atom. The lowest BCUT2D eigenvalue weighted by Crippen LogP contribution is -2.25. The van der Waals surface area contributed by atoms with Crippen molar-refractivity contribution in [3.63, 3.8) is 0 Å². The maximum absolute atomic E-state index is 11.9. The average molecular weight is 340 g/mol. The molecule has 4 nitrogen and oxygen atoms in total. The summed E-state index contributed by atoms with van der Waals surface area (Å²) in [6.07, 6.45) is 0.821. The van der Waals surface area contributed by atoms with Gasteiger partial charge < -0.3 is 11.1 Å². The van der Waals surface area contributed by atoms with Gasteiger partial charge in [0.05, 0.1) is 3.79 Å². The number of nitrogens with zero attached hydrogens (tertiary/aromatic N) is 1. The van der Waals surface area contributed by atoms with Gasteiger partial charge in [0.1, 0.15) is 5.82 Å². The maximum atomic E-state index is 11.9. The van der Waals surface area contributed by atoms with Crippen molar-refractivity contribution in [3.8, 4) is 0 Å². The Balaban J connectivity index is 1.90. The Hall–Kier alpha value is -1.40. The zero-order valence-electron chi connectivity index (χ0n) is 10.4. The molecule has 0 bridgehead atoms. The van der Waals surface area contributed by atoms with Crippen LogP contribution >= 0.6 is 27.3 Å². The van der Waals surface area contributed by atoms with Crippen molar-refractivity contribution in [2.45, 2.75) is 13.3 Å². The van der Waals surface area contributed by atoms with Crippen LogP contribution in [0.1, 0.15) is 20.9 Å². The number of nitrogens with one attached hydrogen (secondary N) is 1. The number of aromatic nitrogens is 1. The van der Waals surface area contributed by atoms with E-state index in [2.05, 4.69) is 32.3 Å². The number of rotatable bonds is 4. The number of carbonyl (C=O) groups is 1. The Kier molecular flexibility index (Phi) is 4.55. The second-order valence-electron chi connectivity index (χ2n) is 4.13. The molecule has 2 aromatic rings. The van der Waals surface area contributed by atoms with Crippen LogP contribution in [-0.4, -0.2) is 17.4 Å². The molecule has 3 N–H and O–H groups in total. The van der Waals surface area contributed by atoms with E-state index in [0.717, 1.165) is 15.9 Å². The summed E-state index contributed by atoms with van der Waals surface area (Å²) in [7, 11) is 0. The summed E-state index contributed by atoms with van der Waals surface area (Å²) in [6.45, 7) is 2.42. The fourth-order valence-corrected chi connectivity index (χ4v) is 3.20. The van der Waals surface area contributed by atoms with Crippen LogP contribution in [0.3, 0.4) is 0 Å². The van der Waals surface area contributed by atoms with Crippen molar-refractivity contribution in [1.29, 1.82) is 0 Å². The monoisotopic (exact) mass is 339 g/mol. The number of nitrogen functional groups attached to an aromatic ring is 1. The molecule has 0 saturated heterocycles. The molecule has 0 aromatic carbocycles. The fraction of sp³-hybridized carbons (Fsp3) is 0.231. The SMILES string of the molecule is Cc1cc(C(=O)NCCc2ccc(Br)s2)cc(N)n1. The first kappa shape index (κ1) is 14.0. The van der Waals surface area contributed by atoms with Gasteiger partial charge in [0, 0.05) is 22.7 Å². The number of hydrogen-bond acceptors (Lipinski definition) is 4. The lowest BCUT2D eigenvalue weighted by molar-refractivity contribution is 0.0954. The third kappa shape index (κ3) is 4.04. The molecule has 0 aliphatic rings. The Morgan fingerprint density at radius 1 is 1.47 bits per heavy atom. The minimum absolute atomic E-state index is 0.118. The van der Waals surface area contributed by atoms with E-state index in [0.29, 0.717) is 17.9 Å². The number of pyridine rings is 1. The number of carbonyl (C=O) groups excluding carboxylic acids is 1. The van der Waals surface area contributed by atoms with Crippen LogP contribution in [-0.2, 0) is 6.42 Å². The summed E-state index contributed by atoms with van der Waals surface area (Å²) < 4.78 is 1.10. The number of hydrogen-bond donors (Lipinski definition) is 2. The molecule has 0 aliphatic heterocycles. The standard InChI is InChI=1S/C13H14BrN3OS/c1-8-6-9(7-12(15)17-8)13(18)16-5-4-10-2-3-11(14)19-10/h2-3,6-7H,4-5H2,1H3,(H2,15,17)(H,16,18). The van der Waals surface area contributed by atoms with Crippen LogP contribution < -0.4 is 11.1 Å². The van der Waals surface area contributed by atoms with E-state index < -0.39 is 0 Å². The first-order valence-electron chi connectivity index (χ1n) is 5.81. The largest absolute Gasteiger partial charge is 0.384 e. The van der Waals surface area contributed by atoms with Crippen molar-refractivity contribution >= 4 is 39.0 Å². The molecule has 1 amide bonds. The fourth-order valence-electron chi connectivity index (χ4n) is 1.71. The molecular formula is C13H14BrN3OS. The van der Waals surface area contributed by atoms with E-state index in [9.17, 15) is 4.79 Å². The predicted octanol–water partition coefficient (Wildman–Crippen LogP) is 2.77. The van der Waals surface area contributed by atoms with Crippen LogP contribution in [0, 0.1) is 6.92 Å². The second-order valence-corrected chi connectivity index (χ2v) is 6.68. The Labute approximate surface area is 124 Å². The van der Waals surface area contributed by atoms with Crippen LogP contribution in [0.5, 0.6) is 0 Å². The van der Waals surface area contributed by atoms with Crippen molar-refractivity contribution < 1.29 is 4.79 Å². The predicted molar refractivity (Wildman–Crippen MR) is 81.4 cm³/mol. The van der Waals surface area contributed by atoms with Gasteiger partial charge >= 0.3 is 0 Å². The lowest BCUT2D eigenvalue weighted by atomic mass is 10.2. The van der Waals surface area contributed by atoms with Gasteiger partial charge in [-0.05, 0) is 53.5 Å². The minimum atomic E-state index is -0.118. The first-order valence-corrected chi connectivity index (χ1v) is 7.42. The van der Waals surface area contributed by atoms with E-state index in [-0.39, 0.29) is 5.91 Å². The molecule has 19 heavy (non-hydrogen) atoms. The van der Waals surface area contributed by atoms with Gasteiger partial charge in [0.15, 0.2) is 0 Å². The number of nitrogens with two attached hydrogens (primary N) is 1. The molecule has 2 rings (SSSR count). The van der Waals surface area contributed by atoms with Gasteiger partial charge in [-0.3, -0.25) is 4.79 Å². The minimum Gasteiger partial charge on any atom is -0.384 e. The van der Waals surface area contributed by atoms with Crippen molar-refractivity contribution in [2.24, 2.45) is 0 Å². The molecule has 0 unspecified atom stereocenters. The molecule has 2 aromatic heterocycles. The van der Waals surface area contributed by atoms with Crippen molar-refractivity contribution in [2.75, 3.05) is 12.3 Å². The smallest absolute Gasteiger partial charge is 0.251 e. The molecule has 100 valence electrons. The topological polar surface area (TPSA) is 68.0 Å².